The molecular weight excluding hydrogens is 370 g/mol. The number of hydrogen-bond acceptors (Lipinski definition) is 5. The van der Waals surface area contributed by atoms with Gasteiger partial charge in [-0.15, -0.1) is 0 Å². The molecule has 0 radical (unpaired) electrons. The number of nitro groups is 1. The maximum Gasteiger partial charge on any atom is 0.312 e. The molecule has 2 atom stereocenters. The van der Waals surface area contributed by atoms with E-state index in [1.54, 1.807) is 20.8 Å². The number of aryl methyl sites for hydroxylation is 1. The van der Waals surface area contributed by atoms with Gasteiger partial charge in [-0.2, -0.15) is 5.10 Å². The van der Waals surface area contributed by atoms with Gasteiger partial charge in [0.2, 0.25) is 5.91 Å². The molecule has 1 heterocycles. The molecule has 1 rings (SSSR count). The van der Waals surface area contributed by atoms with Crippen molar-refractivity contribution in [3.8, 4) is 0 Å². The molecule has 8 nitrogen and oxygen atoms in total. The van der Waals surface area contributed by atoms with Gasteiger partial charge in [-0.05, 0) is 53.6 Å². The lowest BCUT2D eigenvalue weighted by Crippen LogP contribution is -2.45. The summed E-state index contributed by atoms with van der Waals surface area (Å²) < 4.78 is 1.45. The second kappa shape index (κ2) is 12.6. The van der Waals surface area contributed by atoms with Crippen molar-refractivity contribution < 1.29 is 9.72 Å². The average molecular weight is 410 g/mol. The highest BCUT2D eigenvalue weighted by atomic mass is 16.6. The summed E-state index contributed by atoms with van der Waals surface area (Å²) in [6, 6.07) is -0.598. The van der Waals surface area contributed by atoms with Crippen molar-refractivity contribution in [1.82, 2.24) is 20.0 Å². The molecule has 1 aromatic rings. The van der Waals surface area contributed by atoms with Crippen LogP contribution in [-0.2, 0) is 4.79 Å². The molecule has 0 aliphatic rings. The Morgan fingerprint density at radius 3 is 2.14 bits per heavy atom. The maximum absolute atomic E-state index is 12.7. The standard InChI is InChI=1S/C21H39N5O3/c1-7-9-11-13-24(14-12-10-8-2)15-16(3)22-21(27)19(6)25-18(5)20(26(28)29)17(4)23-25/h16,19H,7-15H2,1-6H3,(H,22,27). The summed E-state index contributed by atoms with van der Waals surface area (Å²) in [5.41, 5.74) is 0.720. The molecule has 1 N–H and O–H groups in total. The van der Waals surface area contributed by atoms with E-state index in [1.807, 2.05) is 6.92 Å². The van der Waals surface area contributed by atoms with E-state index in [4.69, 9.17) is 0 Å². The highest BCUT2D eigenvalue weighted by Gasteiger charge is 2.27. The van der Waals surface area contributed by atoms with Gasteiger partial charge in [0.25, 0.3) is 0 Å². The van der Waals surface area contributed by atoms with Gasteiger partial charge < -0.3 is 10.2 Å². The number of carbonyl (C=O) groups excluding carboxylic acids is 1. The van der Waals surface area contributed by atoms with Gasteiger partial charge in [0.1, 0.15) is 17.4 Å². The molecule has 0 saturated heterocycles. The van der Waals surface area contributed by atoms with Crippen molar-refractivity contribution in [1.29, 1.82) is 0 Å². The van der Waals surface area contributed by atoms with Gasteiger partial charge in [0.05, 0.1) is 4.92 Å². The Balaban J connectivity index is 2.70. The highest BCUT2D eigenvalue weighted by Crippen LogP contribution is 2.24. The largest absolute Gasteiger partial charge is 0.351 e. The molecular formula is C21H39N5O3. The number of hydrogen-bond donors (Lipinski definition) is 1. The molecule has 29 heavy (non-hydrogen) atoms. The van der Waals surface area contributed by atoms with Gasteiger partial charge in [-0.3, -0.25) is 19.6 Å². The van der Waals surface area contributed by atoms with Crippen LogP contribution in [0.2, 0.25) is 0 Å². The summed E-state index contributed by atoms with van der Waals surface area (Å²) in [4.78, 5) is 25.9. The number of carbonyl (C=O) groups is 1. The summed E-state index contributed by atoms with van der Waals surface area (Å²) >= 11 is 0. The number of unbranched alkanes of at least 4 members (excludes halogenated alkanes) is 4. The second-order valence-corrected chi connectivity index (χ2v) is 8.02. The Labute approximate surface area is 175 Å². The zero-order chi connectivity index (χ0) is 22.0. The Hall–Kier alpha value is -1.96. The van der Waals surface area contributed by atoms with E-state index in [2.05, 4.69) is 29.2 Å². The van der Waals surface area contributed by atoms with Crippen LogP contribution in [-0.4, -0.2) is 51.2 Å². The van der Waals surface area contributed by atoms with Crippen molar-refractivity contribution in [3.63, 3.8) is 0 Å². The van der Waals surface area contributed by atoms with Gasteiger partial charge >= 0.3 is 5.69 Å². The topological polar surface area (TPSA) is 93.3 Å². The molecule has 0 spiro atoms. The Bertz CT molecular complexity index is 649. The molecule has 0 aliphatic carbocycles. The minimum Gasteiger partial charge on any atom is -0.351 e. The zero-order valence-corrected chi connectivity index (χ0v) is 19.0. The quantitative estimate of drug-likeness (QED) is 0.283. The molecule has 1 amide bonds. The lowest BCUT2D eigenvalue weighted by atomic mass is 10.2. The number of rotatable bonds is 14. The van der Waals surface area contributed by atoms with E-state index in [0.717, 1.165) is 19.6 Å². The SMILES string of the molecule is CCCCCN(CCCCC)CC(C)NC(=O)C(C)n1nc(C)c([N+](=O)[O-])c1C. The van der Waals surface area contributed by atoms with E-state index in [9.17, 15) is 14.9 Å². The monoisotopic (exact) mass is 409 g/mol. The normalized spacial score (nSPS) is 13.5. The van der Waals surface area contributed by atoms with Gasteiger partial charge in [0.15, 0.2) is 0 Å². The lowest BCUT2D eigenvalue weighted by Gasteiger charge is -2.27. The van der Waals surface area contributed by atoms with Crippen LogP contribution in [0, 0.1) is 24.0 Å². The Morgan fingerprint density at radius 1 is 1.14 bits per heavy atom. The van der Waals surface area contributed by atoms with E-state index >= 15 is 0 Å². The minimum absolute atomic E-state index is 0.000143. The third-order valence-electron chi connectivity index (χ3n) is 5.29. The van der Waals surface area contributed by atoms with Gasteiger partial charge in [-0.1, -0.05) is 39.5 Å². The lowest BCUT2D eigenvalue weighted by molar-refractivity contribution is -0.386. The number of aromatic nitrogens is 2. The molecule has 0 aliphatic heterocycles. The van der Waals surface area contributed by atoms with Crippen LogP contribution in [0.4, 0.5) is 5.69 Å². The van der Waals surface area contributed by atoms with Crippen molar-refractivity contribution in [2.75, 3.05) is 19.6 Å². The van der Waals surface area contributed by atoms with E-state index < -0.39 is 11.0 Å². The van der Waals surface area contributed by atoms with Crippen molar-refractivity contribution >= 4 is 11.6 Å². The van der Waals surface area contributed by atoms with Crippen LogP contribution in [0.15, 0.2) is 0 Å². The van der Waals surface area contributed by atoms with Crippen LogP contribution in [0.3, 0.4) is 0 Å². The minimum atomic E-state index is -0.599. The highest BCUT2D eigenvalue weighted by molar-refractivity contribution is 5.80. The molecule has 166 valence electrons. The number of nitrogens with one attached hydrogen (secondary N) is 1. The summed E-state index contributed by atoms with van der Waals surface area (Å²) in [6.07, 6.45) is 7.19. The molecule has 1 aromatic heterocycles. The molecule has 0 saturated carbocycles. The average Bonchev–Trinajstić information content (AvgIpc) is 2.95. The fourth-order valence-electron chi connectivity index (χ4n) is 3.67. The van der Waals surface area contributed by atoms with E-state index in [0.29, 0.717) is 11.4 Å². The third-order valence-corrected chi connectivity index (χ3v) is 5.29. The van der Waals surface area contributed by atoms with E-state index in [1.165, 1.54) is 43.2 Å². The smallest absolute Gasteiger partial charge is 0.312 e. The fourth-order valence-corrected chi connectivity index (χ4v) is 3.67. The van der Waals surface area contributed by atoms with Crippen molar-refractivity contribution in [2.24, 2.45) is 0 Å². The summed E-state index contributed by atoms with van der Waals surface area (Å²) in [5.74, 6) is -0.167. The maximum atomic E-state index is 12.7. The predicted octanol–water partition coefficient (Wildman–Crippen LogP) is 4.16. The van der Waals surface area contributed by atoms with Crippen LogP contribution >= 0.6 is 0 Å². The first-order chi connectivity index (χ1) is 13.7. The predicted molar refractivity (Wildman–Crippen MR) is 116 cm³/mol. The van der Waals surface area contributed by atoms with Crippen LogP contribution in [0.25, 0.3) is 0 Å². The molecule has 8 heteroatoms. The molecule has 0 aromatic carbocycles. The third kappa shape index (κ3) is 7.76. The van der Waals surface area contributed by atoms with Crippen LogP contribution in [0.5, 0.6) is 0 Å². The first-order valence-electron chi connectivity index (χ1n) is 11.0. The molecule has 0 bridgehead atoms. The Kier molecular flexibility index (Phi) is 10.9. The summed E-state index contributed by atoms with van der Waals surface area (Å²) in [7, 11) is 0. The summed E-state index contributed by atoms with van der Waals surface area (Å²) in [6.45, 7) is 14.3. The zero-order valence-electron chi connectivity index (χ0n) is 19.0. The first-order valence-corrected chi connectivity index (χ1v) is 11.0. The Morgan fingerprint density at radius 2 is 1.69 bits per heavy atom. The van der Waals surface area contributed by atoms with E-state index in [-0.39, 0.29) is 17.6 Å². The number of amides is 1. The molecule has 0 fully saturated rings. The van der Waals surface area contributed by atoms with Gasteiger partial charge in [0, 0.05) is 12.6 Å². The summed E-state index contributed by atoms with van der Waals surface area (Å²) in [5, 5.41) is 18.5. The van der Waals surface area contributed by atoms with Crippen LogP contribution in [0.1, 0.15) is 83.6 Å². The first kappa shape index (κ1) is 25.1. The van der Waals surface area contributed by atoms with Crippen molar-refractivity contribution in [3.05, 3.63) is 21.5 Å². The molecule has 2 unspecified atom stereocenters. The second-order valence-electron chi connectivity index (χ2n) is 8.02. The van der Waals surface area contributed by atoms with Crippen molar-refractivity contribution in [2.45, 2.75) is 92.2 Å². The number of nitrogens with zero attached hydrogens (tertiary/aromatic N) is 4. The van der Waals surface area contributed by atoms with Gasteiger partial charge in [-0.25, -0.2) is 0 Å². The van der Waals surface area contributed by atoms with Crippen LogP contribution < -0.4 is 5.32 Å². The fraction of sp³-hybridized carbons (Fsp3) is 0.810.